The third-order valence-corrected chi connectivity index (χ3v) is 1.09. The molecule has 0 aromatic rings. The molecule has 1 atom stereocenters. The highest BCUT2D eigenvalue weighted by Crippen LogP contribution is 1.93. The zero-order valence-corrected chi connectivity index (χ0v) is 5.35. The first-order valence-electron chi connectivity index (χ1n) is 2.88. The summed E-state index contributed by atoms with van der Waals surface area (Å²) in [5, 5.41) is 0. The van der Waals surface area contributed by atoms with Gasteiger partial charge in [-0.05, 0) is 19.8 Å². The number of hydrazine groups is 1. The fraction of sp³-hybridized carbons (Fsp3) is 0.667. The lowest BCUT2D eigenvalue weighted by molar-refractivity contribution is 0.536. The largest absolute Gasteiger partial charge is 0.271 e. The second-order valence-electron chi connectivity index (χ2n) is 1.93. The van der Waals surface area contributed by atoms with Gasteiger partial charge in [0.15, 0.2) is 0 Å². The maximum absolute atomic E-state index is 5.13. The Morgan fingerprint density at radius 1 is 1.88 bits per heavy atom. The summed E-state index contributed by atoms with van der Waals surface area (Å²) in [4.78, 5) is 0. The van der Waals surface area contributed by atoms with Crippen molar-refractivity contribution in [3.63, 3.8) is 0 Å². The number of nitrogens with two attached hydrogens (primary N) is 1. The normalized spacial score (nSPS) is 13.2. The first kappa shape index (κ1) is 7.66. The minimum atomic E-state index is 0.410. The fourth-order valence-electron chi connectivity index (χ4n) is 0.451. The van der Waals surface area contributed by atoms with Gasteiger partial charge >= 0.3 is 0 Å². The van der Waals surface area contributed by atoms with E-state index in [0.29, 0.717) is 6.04 Å². The summed E-state index contributed by atoms with van der Waals surface area (Å²) in [6.45, 7) is 5.64. The van der Waals surface area contributed by atoms with Crippen molar-refractivity contribution in [2.24, 2.45) is 5.84 Å². The molecule has 0 radical (unpaired) electrons. The average molecular weight is 114 g/mol. The predicted octanol–water partition coefficient (Wildman–Crippen LogP) is 0.804. The van der Waals surface area contributed by atoms with Crippen molar-refractivity contribution in [2.75, 3.05) is 0 Å². The molecule has 0 amide bonds. The summed E-state index contributed by atoms with van der Waals surface area (Å²) >= 11 is 0. The molecule has 0 saturated heterocycles. The molecule has 0 aliphatic rings. The first-order valence-corrected chi connectivity index (χ1v) is 2.88. The summed E-state index contributed by atoms with van der Waals surface area (Å²) in [6, 6.07) is 0.410. The van der Waals surface area contributed by atoms with Crippen LogP contribution in [0.5, 0.6) is 0 Å². The van der Waals surface area contributed by atoms with Gasteiger partial charge in [0.2, 0.25) is 0 Å². The Hall–Kier alpha value is -0.340. The molecule has 0 aromatic carbocycles. The molecule has 8 heavy (non-hydrogen) atoms. The van der Waals surface area contributed by atoms with Crippen LogP contribution in [-0.4, -0.2) is 6.04 Å². The SMILES string of the molecule is C=CCCC(C)NN. The van der Waals surface area contributed by atoms with Crippen LogP contribution >= 0.6 is 0 Å². The van der Waals surface area contributed by atoms with E-state index in [0.717, 1.165) is 12.8 Å². The van der Waals surface area contributed by atoms with E-state index in [1.54, 1.807) is 0 Å². The zero-order chi connectivity index (χ0) is 6.41. The second-order valence-corrected chi connectivity index (χ2v) is 1.93. The average Bonchev–Trinajstić information content (AvgIpc) is 1.83. The second kappa shape index (κ2) is 4.81. The van der Waals surface area contributed by atoms with Crippen LogP contribution in [0, 0.1) is 0 Å². The van der Waals surface area contributed by atoms with E-state index in [1.807, 2.05) is 13.0 Å². The van der Waals surface area contributed by atoms with E-state index in [-0.39, 0.29) is 0 Å². The lowest BCUT2D eigenvalue weighted by Gasteiger charge is -2.05. The van der Waals surface area contributed by atoms with E-state index < -0.39 is 0 Å². The van der Waals surface area contributed by atoms with E-state index >= 15 is 0 Å². The molecule has 0 heterocycles. The van der Waals surface area contributed by atoms with Crippen LogP contribution in [0.15, 0.2) is 12.7 Å². The Balaban J connectivity index is 2.97. The summed E-state index contributed by atoms with van der Waals surface area (Å²) in [5.41, 5.74) is 2.65. The van der Waals surface area contributed by atoms with Gasteiger partial charge in [0.1, 0.15) is 0 Å². The zero-order valence-electron chi connectivity index (χ0n) is 5.35. The van der Waals surface area contributed by atoms with Crippen LogP contribution in [0.1, 0.15) is 19.8 Å². The number of nitrogens with one attached hydrogen (secondary N) is 1. The van der Waals surface area contributed by atoms with Crippen molar-refractivity contribution in [1.82, 2.24) is 5.43 Å². The molecule has 0 aromatic heterocycles. The Morgan fingerprint density at radius 3 is 2.88 bits per heavy atom. The van der Waals surface area contributed by atoms with E-state index in [4.69, 9.17) is 5.84 Å². The molecule has 48 valence electrons. The van der Waals surface area contributed by atoms with Crippen molar-refractivity contribution in [2.45, 2.75) is 25.8 Å². The van der Waals surface area contributed by atoms with Gasteiger partial charge in [-0.15, -0.1) is 6.58 Å². The number of hydrogen-bond acceptors (Lipinski definition) is 2. The highest BCUT2D eigenvalue weighted by Gasteiger charge is 1.92. The van der Waals surface area contributed by atoms with E-state index in [9.17, 15) is 0 Å². The van der Waals surface area contributed by atoms with Crippen LogP contribution in [0.3, 0.4) is 0 Å². The summed E-state index contributed by atoms with van der Waals surface area (Å²) in [7, 11) is 0. The van der Waals surface area contributed by atoms with Gasteiger partial charge in [0.25, 0.3) is 0 Å². The Labute approximate surface area is 50.7 Å². The predicted molar refractivity (Wildman–Crippen MR) is 36.2 cm³/mol. The Bertz CT molecular complexity index is 61.5. The minimum absolute atomic E-state index is 0.410. The van der Waals surface area contributed by atoms with Crippen LogP contribution in [-0.2, 0) is 0 Å². The third-order valence-electron chi connectivity index (χ3n) is 1.09. The molecule has 0 bridgehead atoms. The topological polar surface area (TPSA) is 38.0 Å². The molecule has 2 heteroatoms. The standard InChI is InChI=1S/C6H14N2/c1-3-4-5-6(2)8-7/h3,6,8H,1,4-5,7H2,2H3. The molecular weight excluding hydrogens is 100 g/mol. The lowest BCUT2D eigenvalue weighted by Crippen LogP contribution is -2.32. The van der Waals surface area contributed by atoms with Gasteiger partial charge < -0.3 is 0 Å². The first-order chi connectivity index (χ1) is 3.81. The molecule has 0 aliphatic heterocycles. The smallest absolute Gasteiger partial charge is 0.0185 e. The maximum atomic E-state index is 5.13. The van der Waals surface area contributed by atoms with Crippen LogP contribution in [0.25, 0.3) is 0 Å². The molecule has 0 aliphatic carbocycles. The lowest BCUT2D eigenvalue weighted by atomic mass is 10.2. The van der Waals surface area contributed by atoms with Crippen molar-refractivity contribution in [3.8, 4) is 0 Å². The van der Waals surface area contributed by atoms with Crippen LogP contribution in [0.4, 0.5) is 0 Å². The summed E-state index contributed by atoms with van der Waals surface area (Å²) in [6.07, 6.45) is 4.00. The molecule has 2 nitrogen and oxygen atoms in total. The molecule has 0 saturated carbocycles. The minimum Gasteiger partial charge on any atom is -0.271 e. The molecule has 0 fully saturated rings. The monoisotopic (exact) mass is 114 g/mol. The fourth-order valence-corrected chi connectivity index (χ4v) is 0.451. The van der Waals surface area contributed by atoms with Gasteiger partial charge in [0, 0.05) is 6.04 Å². The van der Waals surface area contributed by atoms with Gasteiger partial charge in [-0.3, -0.25) is 11.3 Å². The maximum Gasteiger partial charge on any atom is 0.0185 e. The van der Waals surface area contributed by atoms with Crippen molar-refractivity contribution in [3.05, 3.63) is 12.7 Å². The molecular formula is C6H14N2. The van der Waals surface area contributed by atoms with Crippen LogP contribution in [0.2, 0.25) is 0 Å². The Morgan fingerprint density at radius 2 is 2.50 bits per heavy atom. The third kappa shape index (κ3) is 3.84. The molecule has 0 spiro atoms. The van der Waals surface area contributed by atoms with Gasteiger partial charge in [-0.2, -0.15) is 0 Å². The highest BCUT2D eigenvalue weighted by atomic mass is 15.2. The van der Waals surface area contributed by atoms with Gasteiger partial charge in [0.05, 0.1) is 0 Å². The van der Waals surface area contributed by atoms with Crippen molar-refractivity contribution in [1.29, 1.82) is 0 Å². The van der Waals surface area contributed by atoms with Crippen molar-refractivity contribution >= 4 is 0 Å². The van der Waals surface area contributed by atoms with Gasteiger partial charge in [-0.1, -0.05) is 6.08 Å². The number of hydrogen-bond donors (Lipinski definition) is 2. The van der Waals surface area contributed by atoms with E-state index in [2.05, 4.69) is 12.0 Å². The number of rotatable bonds is 4. The van der Waals surface area contributed by atoms with E-state index in [1.165, 1.54) is 0 Å². The van der Waals surface area contributed by atoms with Gasteiger partial charge in [-0.25, -0.2) is 0 Å². The Kier molecular flexibility index (Phi) is 4.61. The summed E-state index contributed by atoms with van der Waals surface area (Å²) < 4.78 is 0. The van der Waals surface area contributed by atoms with Crippen molar-refractivity contribution < 1.29 is 0 Å². The summed E-state index contributed by atoms with van der Waals surface area (Å²) in [5.74, 6) is 5.13. The molecule has 3 N–H and O–H groups in total. The number of allylic oxidation sites excluding steroid dienone is 1. The quantitative estimate of drug-likeness (QED) is 0.322. The van der Waals surface area contributed by atoms with Crippen LogP contribution < -0.4 is 11.3 Å². The molecule has 1 unspecified atom stereocenters. The highest BCUT2D eigenvalue weighted by molar-refractivity contribution is 4.69. The molecule has 0 rings (SSSR count).